The monoisotopic (exact) mass is 474 g/mol. The van der Waals surface area contributed by atoms with E-state index in [0.29, 0.717) is 11.3 Å². The molecule has 1 aromatic carbocycles. The Bertz CT molecular complexity index is 997. The van der Waals surface area contributed by atoms with Crippen molar-refractivity contribution in [3.63, 3.8) is 0 Å². The van der Waals surface area contributed by atoms with Gasteiger partial charge in [0, 0.05) is 18.2 Å². The third-order valence-corrected chi connectivity index (χ3v) is 4.84. The lowest BCUT2D eigenvalue weighted by Gasteiger charge is -2.31. The summed E-state index contributed by atoms with van der Waals surface area (Å²) in [5.41, 5.74) is 1.17. The molecule has 11 heteroatoms. The van der Waals surface area contributed by atoms with E-state index in [0.717, 1.165) is 17.4 Å². The molecule has 2 rings (SSSR count). The number of alkyl halides is 3. The number of hydrogen-bond donors (Lipinski definition) is 1. The summed E-state index contributed by atoms with van der Waals surface area (Å²) in [4.78, 5) is 15.5. The number of benzene rings is 1. The molecule has 0 fully saturated rings. The van der Waals surface area contributed by atoms with Crippen LogP contribution in [0.3, 0.4) is 0 Å². The van der Waals surface area contributed by atoms with E-state index in [9.17, 15) is 26.4 Å². The SMILES string of the molecule is CC(C)(NC(=O)C(F)F)O[C@@H](CCF)c1ccc(-c2ccc(COS(C)(=O)=O)nc2)cc1. The zero-order valence-electron chi connectivity index (χ0n) is 17.8. The molecule has 2 aromatic rings. The highest BCUT2D eigenvalue weighted by molar-refractivity contribution is 7.85. The van der Waals surface area contributed by atoms with Gasteiger partial charge in [0.05, 0.1) is 24.7 Å². The van der Waals surface area contributed by atoms with Crippen molar-refractivity contribution in [2.75, 3.05) is 12.9 Å². The Kier molecular flexibility index (Phi) is 8.76. The summed E-state index contributed by atoms with van der Waals surface area (Å²) in [6, 6.07) is 10.3. The fourth-order valence-corrected chi connectivity index (χ4v) is 3.20. The summed E-state index contributed by atoms with van der Waals surface area (Å²) in [6.45, 7) is 1.95. The topological polar surface area (TPSA) is 94.6 Å². The third kappa shape index (κ3) is 8.21. The van der Waals surface area contributed by atoms with E-state index in [1.165, 1.54) is 13.8 Å². The molecule has 32 heavy (non-hydrogen) atoms. The first-order chi connectivity index (χ1) is 14.9. The standard InChI is InChI=1S/C21H25F3N2O5S/c1-21(2,26-20(27)19(23)24)31-18(10-11-22)15-6-4-14(5-7-15)16-8-9-17(25-12-16)13-30-32(3,28)29/h4-9,12,18-19H,10-11,13H2,1-3H3,(H,26,27)/t18-/m0/s1. The number of pyridine rings is 1. The molecule has 1 heterocycles. The van der Waals surface area contributed by atoms with Gasteiger partial charge in [0.25, 0.3) is 16.0 Å². The van der Waals surface area contributed by atoms with E-state index in [1.807, 2.05) is 0 Å². The van der Waals surface area contributed by atoms with E-state index >= 15 is 0 Å². The van der Waals surface area contributed by atoms with Crippen LogP contribution in [0.15, 0.2) is 42.6 Å². The number of amides is 1. The lowest BCUT2D eigenvalue weighted by atomic mass is 10.0. The van der Waals surface area contributed by atoms with E-state index in [4.69, 9.17) is 8.92 Å². The number of ether oxygens (including phenoxy) is 1. The van der Waals surface area contributed by atoms with Crippen molar-refractivity contribution >= 4 is 16.0 Å². The minimum absolute atomic E-state index is 0.0239. The molecule has 0 aliphatic rings. The summed E-state index contributed by atoms with van der Waals surface area (Å²) in [5, 5.41) is 2.09. The molecule has 0 aliphatic heterocycles. The lowest BCUT2D eigenvalue weighted by molar-refractivity contribution is -0.148. The zero-order chi connectivity index (χ0) is 23.9. The van der Waals surface area contributed by atoms with Crippen molar-refractivity contribution in [3.8, 4) is 11.1 Å². The largest absolute Gasteiger partial charge is 0.348 e. The molecule has 0 aliphatic carbocycles. The molecule has 1 N–H and O–H groups in total. The predicted octanol–water partition coefficient (Wildman–Crippen LogP) is 3.76. The molecule has 1 amide bonds. The van der Waals surface area contributed by atoms with Crippen LogP contribution in [0.4, 0.5) is 13.2 Å². The van der Waals surface area contributed by atoms with Crippen molar-refractivity contribution in [1.82, 2.24) is 10.3 Å². The first-order valence-electron chi connectivity index (χ1n) is 9.64. The number of halogens is 3. The average molecular weight is 475 g/mol. The van der Waals surface area contributed by atoms with Crippen LogP contribution in [0.5, 0.6) is 0 Å². The van der Waals surface area contributed by atoms with Crippen molar-refractivity contribution in [1.29, 1.82) is 0 Å². The molecular formula is C21H25F3N2O5S. The fourth-order valence-electron chi connectivity index (χ4n) is 2.87. The van der Waals surface area contributed by atoms with Crippen LogP contribution in [0, 0.1) is 0 Å². The number of nitrogens with one attached hydrogen (secondary N) is 1. The number of hydrogen-bond acceptors (Lipinski definition) is 6. The van der Waals surface area contributed by atoms with Gasteiger partial charge in [-0.2, -0.15) is 17.2 Å². The summed E-state index contributed by atoms with van der Waals surface area (Å²) in [6.07, 6.45) is -1.46. The predicted molar refractivity (Wildman–Crippen MR) is 112 cm³/mol. The van der Waals surface area contributed by atoms with Gasteiger partial charge in [-0.15, -0.1) is 0 Å². The third-order valence-electron chi connectivity index (χ3n) is 4.29. The molecule has 0 spiro atoms. The highest BCUT2D eigenvalue weighted by atomic mass is 32.2. The Morgan fingerprint density at radius 2 is 1.75 bits per heavy atom. The smallest absolute Gasteiger partial charge is 0.315 e. The van der Waals surface area contributed by atoms with Crippen LogP contribution in [0.1, 0.15) is 37.6 Å². The summed E-state index contributed by atoms with van der Waals surface area (Å²) in [7, 11) is -3.57. The zero-order valence-corrected chi connectivity index (χ0v) is 18.7. The summed E-state index contributed by atoms with van der Waals surface area (Å²) < 4.78 is 70.7. The van der Waals surface area contributed by atoms with Crippen LogP contribution in [-0.2, 0) is 30.4 Å². The van der Waals surface area contributed by atoms with Gasteiger partial charge in [-0.05, 0) is 31.0 Å². The van der Waals surface area contributed by atoms with Crippen molar-refractivity contribution in [3.05, 3.63) is 53.9 Å². The Balaban J connectivity index is 2.11. The van der Waals surface area contributed by atoms with Gasteiger partial charge in [-0.1, -0.05) is 30.3 Å². The maximum Gasteiger partial charge on any atom is 0.315 e. The molecule has 0 saturated carbocycles. The van der Waals surface area contributed by atoms with Gasteiger partial charge in [0.1, 0.15) is 12.3 Å². The molecule has 0 unspecified atom stereocenters. The highest BCUT2D eigenvalue weighted by Crippen LogP contribution is 2.29. The molecule has 0 radical (unpaired) electrons. The Morgan fingerprint density at radius 1 is 1.12 bits per heavy atom. The first kappa shape index (κ1) is 25.8. The molecular weight excluding hydrogens is 449 g/mol. The second-order valence-corrected chi connectivity index (χ2v) is 9.15. The Morgan fingerprint density at radius 3 is 2.25 bits per heavy atom. The maximum absolute atomic E-state index is 13.1. The van der Waals surface area contributed by atoms with Gasteiger partial charge < -0.3 is 10.1 Å². The second-order valence-electron chi connectivity index (χ2n) is 7.51. The maximum atomic E-state index is 13.1. The normalized spacial score (nSPS) is 13.2. The fraction of sp³-hybridized carbons (Fsp3) is 0.429. The molecule has 176 valence electrons. The van der Waals surface area contributed by atoms with Crippen LogP contribution >= 0.6 is 0 Å². The van der Waals surface area contributed by atoms with Crippen LogP contribution in [0.2, 0.25) is 0 Å². The molecule has 7 nitrogen and oxygen atoms in total. The van der Waals surface area contributed by atoms with E-state index in [2.05, 4.69) is 10.3 Å². The van der Waals surface area contributed by atoms with Gasteiger partial charge >= 0.3 is 6.43 Å². The number of aromatic nitrogens is 1. The van der Waals surface area contributed by atoms with Crippen LogP contribution in [-0.4, -0.2) is 44.4 Å². The van der Waals surface area contributed by atoms with Gasteiger partial charge in [0.2, 0.25) is 0 Å². The van der Waals surface area contributed by atoms with Gasteiger partial charge in [-0.25, -0.2) is 0 Å². The average Bonchev–Trinajstić information content (AvgIpc) is 2.71. The number of carbonyl (C=O) groups excluding carboxylic acids is 1. The summed E-state index contributed by atoms with van der Waals surface area (Å²) in [5.74, 6) is -1.47. The second kappa shape index (κ2) is 10.9. The number of rotatable bonds is 11. The minimum atomic E-state index is -3.57. The van der Waals surface area contributed by atoms with Crippen LogP contribution in [0.25, 0.3) is 11.1 Å². The molecule has 1 aromatic heterocycles. The molecule has 0 saturated heterocycles. The Labute approximate surface area is 185 Å². The van der Waals surface area contributed by atoms with Gasteiger partial charge in [-0.3, -0.25) is 18.4 Å². The van der Waals surface area contributed by atoms with E-state index < -0.39 is 41.0 Å². The molecule has 1 atom stereocenters. The highest BCUT2D eigenvalue weighted by Gasteiger charge is 2.29. The number of nitrogens with zero attached hydrogens (tertiary/aromatic N) is 1. The van der Waals surface area contributed by atoms with Crippen molar-refractivity contribution in [2.24, 2.45) is 0 Å². The van der Waals surface area contributed by atoms with E-state index in [1.54, 1.807) is 42.6 Å². The molecule has 0 bridgehead atoms. The van der Waals surface area contributed by atoms with Gasteiger partial charge in [0.15, 0.2) is 0 Å². The number of carbonyl (C=O) groups is 1. The minimum Gasteiger partial charge on any atom is -0.348 e. The Hall–Kier alpha value is -2.50. The first-order valence-corrected chi connectivity index (χ1v) is 11.5. The summed E-state index contributed by atoms with van der Waals surface area (Å²) >= 11 is 0. The van der Waals surface area contributed by atoms with Crippen LogP contribution < -0.4 is 5.32 Å². The lowest BCUT2D eigenvalue weighted by Crippen LogP contribution is -2.48. The van der Waals surface area contributed by atoms with Crippen molar-refractivity contribution in [2.45, 2.75) is 45.1 Å². The van der Waals surface area contributed by atoms with Crippen molar-refractivity contribution < 1.29 is 35.3 Å². The van der Waals surface area contributed by atoms with E-state index in [-0.39, 0.29) is 13.0 Å². The quantitative estimate of drug-likeness (QED) is 0.394.